The number of sulfonamides is 1. The normalized spacial score (nSPS) is 20.5. The van der Waals surface area contributed by atoms with Crippen molar-refractivity contribution < 1.29 is 13.2 Å². The van der Waals surface area contributed by atoms with Crippen LogP contribution in [0.2, 0.25) is 0 Å². The van der Waals surface area contributed by atoms with Crippen LogP contribution in [0.4, 0.5) is 5.82 Å². The summed E-state index contributed by atoms with van der Waals surface area (Å²) in [5.41, 5.74) is 2.93. The highest BCUT2D eigenvalue weighted by atomic mass is 32.2. The van der Waals surface area contributed by atoms with Crippen LogP contribution in [0.3, 0.4) is 0 Å². The van der Waals surface area contributed by atoms with Crippen LogP contribution in [0.5, 0.6) is 0 Å². The van der Waals surface area contributed by atoms with E-state index in [0.717, 1.165) is 35.5 Å². The molecule has 0 spiro atoms. The summed E-state index contributed by atoms with van der Waals surface area (Å²) in [6.45, 7) is 5.59. The van der Waals surface area contributed by atoms with E-state index in [1.165, 1.54) is 12.3 Å². The highest BCUT2D eigenvalue weighted by Crippen LogP contribution is 2.26. The number of primary sulfonamides is 1. The first-order valence-corrected chi connectivity index (χ1v) is 10.5. The van der Waals surface area contributed by atoms with E-state index in [9.17, 15) is 8.42 Å². The van der Waals surface area contributed by atoms with Crippen molar-refractivity contribution in [1.29, 1.82) is 0 Å². The number of ether oxygens (including phenoxy) is 1. The molecule has 4 rings (SSSR count). The van der Waals surface area contributed by atoms with Crippen LogP contribution in [0.25, 0.3) is 22.2 Å². The first-order valence-electron chi connectivity index (χ1n) is 8.95. The zero-order valence-corrected chi connectivity index (χ0v) is 16.4. The van der Waals surface area contributed by atoms with Gasteiger partial charge in [0.2, 0.25) is 10.0 Å². The lowest BCUT2D eigenvalue weighted by molar-refractivity contribution is -0.00546. The first-order chi connectivity index (χ1) is 13.3. The molecule has 0 bridgehead atoms. The average molecular weight is 399 g/mol. The third-order valence-electron chi connectivity index (χ3n) is 4.65. The molecule has 3 heterocycles. The maximum atomic E-state index is 11.6. The number of rotatable bonds is 3. The molecule has 146 valence electrons. The van der Waals surface area contributed by atoms with E-state index >= 15 is 0 Å². The number of hydrogen-bond acceptors (Lipinski definition) is 7. The number of hydrogen-bond donors (Lipinski definition) is 1. The number of nitrogens with zero attached hydrogens (tertiary/aromatic N) is 4. The minimum atomic E-state index is -3.82. The number of anilines is 1. The summed E-state index contributed by atoms with van der Waals surface area (Å²) in [6.07, 6.45) is 4.85. The minimum absolute atomic E-state index is 0.0266. The predicted molar refractivity (Wildman–Crippen MR) is 106 cm³/mol. The van der Waals surface area contributed by atoms with E-state index in [1.807, 2.05) is 32.0 Å². The highest BCUT2D eigenvalue weighted by Gasteiger charge is 2.23. The van der Waals surface area contributed by atoms with Crippen molar-refractivity contribution in [2.45, 2.75) is 31.0 Å². The molecule has 1 aliphatic rings. The molecule has 3 aromatic rings. The number of nitrogens with two attached hydrogens (primary N) is 1. The topological polar surface area (TPSA) is 111 Å². The lowest BCUT2D eigenvalue weighted by Gasteiger charge is -2.35. The summed E-state index contributed by atoms with van der Waals surface area (Å²) >= 11 is 0. The number of pyridine rings is 1. The Bertz CT molecular complexity index is 1130. The predicted octanol–water partition coefficient (Wildman–Crippen LogP) is 1.95. The maximum Gasteiger partial charge on any atom is 0.239 e. The summed E-state index contributed by atoms with van der Waals surface area (Å²) in [7, 11) is -3.82. The van der Waals surface area contributed by atoms with Crippen LogP contribution in [-0.2, 0) is 14.8 Å². The van der Waals surface area contributed by atoms with E-state index in [4.69, 9.17) is 14.9 Å². The fourth-order valence-corrected chi connectivity index (χ4v) is 3.93. The quantitative estimate of drug-likeness (QED) is 0.716. The number of benzene rings is 1. The summed E-state index contributed by atoms with van der Waals surface area (Å²) in [5, 5.41) is 5.21. The molecular formula is C19H21N5O3S. The van der Waals surface area contributed by atoms with Gasteiger partial charge in [-0.3, -0.25) is 9.97 Å². The van der Waals surface area contributed by atoms with Crippen LogP contribution in [0.15, 0.2) is 47.8 Å². The monoisotopic (exact) mass is 399 g/mol. The third kappa shape index (κ3) is 3.82. The van der Waals surface area contributed by atoms with Gasteiger partial charge >= 0.3 is 0 Å². The van der Waals surface area contributed by atoms with Crippen molar-refractivity contribution >= 4 is 26.9 Å². The van der Waals surface area contributed by atoms with Gasteiger partial charge in [-0.2, -0.15) is 0 Å². The van der Waals surface area contributed by atoms with Gasteiger partial charge in [0, 0.05) is 31.0 Å². The first kappa shape index (κ1) is 18.7. The van der Waals surface area contributed by atoms with E-state index in [2.05, 4.69) is 14.9 Å². The number of morpholine rings is 1. The van der Waals surface area contributed by atoms with Gasteiger partial charge in [0.25, 0.3) is 0 Å². The average Bonchev–Trinajstić information content (AvgIpc) is 2.66. The standard InChI is InChI=1S/C19H21N5O3S/c1-12-10-24(11-13(2)27-12)19-9-22-17-4-3-14(6-18(17)23-19)15-5-16(8-21-7-15)28(20,25)26/h3-9,12-13H,10-11H2,1-2H3,(H2,20,25,26). The Morgan fingerprint density at radius 1 is 1.04 bits per heavy atom. The van der Waals surface area contributed by atoms with E-state index in [0.29, 0.717) is 5.56 Å². The van der Waals surface area contributed by atoms with Crippen molar-refractivity contribution in [3.63, 3.8) is 0 Å². The Labute approximate surface area is 163 Å². The van der Waals surface area contributed by atoms with Crippen LogP contribution in [0.1, 0.15) is 13.8 Å². The fraction of sp³-hybridized carbons (Fsp3) is 0.316. The fourth-order valence-electron chi connectivity index (χ4n) is 3.43. The highest BCUT2D eigenvalue weighted by molar-refractivity contribution is 7.89. The van der Waals surface area contributed by atoms with Crippen molar-refractivity contribution in [3.05, 3.63) is 42.9 Å². The van der Waals surface area contributed by atoms with Crippen LogP contribution >= 0.6 is 0 Å². The largest absolute Gasteiger partial charge is 0.372 e. The molecule has 0 aliphatic carbocycles. The molecule has 0 amide bonds. The second-order valence-corrected chi connectivity index (χ2v) is 8.61. The molecule has 9 heteroatoms. The summed E-state index contributed by atoms with van der Waals surface area (Å²) < 4.78 is 29.0. The lowest BCUT2D eigenvalue weighted by Crippen LogP contribution is -2.45. The molecule has 1 aromatic carbocycles. The Kier molecular flexibility index (Phi) is 4.74. The maximum absolute atomic E-state index is 11.6. The lowest BCUT2D eigenvalue weighted by atomic mass is 10.1. The van der Waals surface area contributed by atoms with Gasteiger partial charge in [-0.1, -0.05) is 6.07 Å². The van der Waals surface area contributed by atoms with Crippen molar-refractivity contribution in [1.82, 2.24) is 15.0 Å². The Morgan fingerprint density at radius 2 is 1.79 bits per heavy atom. The third-order valence-corrected chi connectivity index (χ3v) is 5.53. The number of fused-ring (bicyclic) bond motifs is 1. The molecule has 28 heavy (non-hydrogen) atoms. The molecule has 1 saturated heterocycles. The van der Waals surface area contributed by atoms with Crippen LogP contribution in [-0.4, -0.2) is 48.7 Å². The van der Waals surface area contributed by atoms with Gasteiger partial charge in [-0.25, -0.2) is 18.5 Å². The number of aromatic nitrogens is 3. The van der Waals surface area contributed by atoms with Crippen molar-refractivity contribution in [2.24, 2.45) is 5.14 Å². The molecule has 2 aromatic heterocycles. The van der Waals surface area contributed by atoms with Gasteiger partial charge in [-0.05, 0) is 37.6 Å². The van der Waals surface area contributed by atoms with E-state index in [1.54, 1.807) is 12.4 Å². The molecule has 8 nitrogen and oxygen atoms in total. The van der Waals surface area contributed by atoms with Crippen LogP contribution in [0, 0.1) is 0 Å². The molecule has 1 aliphatic heterocycles. The van der Waals surface area contributed by atoms with E-state index < -0.39 is 10.0 Å². The van der Waals surface area contributed by atoms with Crippen molar-refractivity contribution in [3.8, 4) is 11.1 Å². The molecule has 0 saturated carbocycles. The molecule has 0 radical (unpaired) electrons. The second-order valence-electron chi connectivity index (χ2n) is 7.05. The molecular weight excluding hydrogens is 378 g/mol. The molecule has 2 atom stereocenters. The van der Waals surface area contributed by atoms with Gasteiger partial charge < -0.3 is 9.64 Å². The van der Waals surface area contributed by atoms with Crippen LogP contribution < -0.4 is 10.0 Å². The SMILES string of the molecule is CC1CN(c2cnc3ccc(-c4cncc(S(N)(=O)=O)c4)cc3n2)CC(C)O1. The zero-order chi connectivity index (χ0) is 19.9. The Morgan fingerprint density at radius 3 is 2.50 bits per heavy atom. The summed E-state index contributed by atoms with van der Waals surface area (Å²) in [6, 6.07) is 7.10. The summed E-state index contributed by atoms with van der Waals surface area (Å²) in [5.74, 6) is 0.795. The Balaban J connectivity index is 1.73. The van der Waals surface area contributed by atoms with Gasteiger partial charge in [0.15, 0.2) is 0 Å². The van der Waals surface area contributed by atoms with E-state index in [-0.39, 0.29) is 17.1 Å². The summed E-state index contributed by atoms with van der Waals surface area (Å²) in [4.78, 5) is 15.4. The minimum Gasteiger partial charge on any atom is -0.372 e. The second kappa shape index (κ2) is 7.08. The zero-order valence-electron chi connectivity index (χ0n) is 15.6. The van der Waals surface area contributed by atoms with Gasteiger partial charge in [0.1, 0.15) is 10.7 Å². The van der Waals surface area contributed by atoms with Gasteiger partial charge in [0.05, 0.1) is 29.4 Å². The molecule has 2 unspecified atom stereocenters. The molecule has 2 N–H and O–H groups in total. The smallest absolute Gasteiger partial charge is 0.239 e. The molecule has 1 fully saturated rings. The Hall–Kier alpha value is -2.62. The van der Waals surface area contributed by atoms with Gasteiger partial charge in [-0.15, -0.1) is 0 Å². The van der Waals surface area contributed by atoms with Crippen molar-refractivity contribution in [2.75, 3.05) is 18.0 Å².